The first-order valence-corrected chi connectivity index (χ1v) is 7.18. The summed E-state index contributed by atoms with van der Waals surface area (Å²) in [6.07, 6.45) is 3.51. The van der Waals surface area contributed by atoms with E-state index in [1.54, 1.807) is 24.3 Å². The molecular formula is C15H13N5O5. The highest BCUT2D eigenvalue weighted by Gasteiger charge is 2.24. The Hall–Kier alpha value is -3.53. The highest BCUT2D eigenvalue weighted by molar-refractivity contribution is 5.90. The van der Waals surface area contributed by atoms with Gasteiger partial charge in [0.05, 0.1) is 12.6 Å². The maximum absolute atomic E-state index is 11.2. The summed E-state index contributed by atoms with van der Waals surface area (Å²) in [5, 5.41) is 25.3. The molecule has 1 atom stereocenters. The van der Waals surface area contributed by atoms with E-state index in [0.717, 1.165) is 6.08 Å². The van der Waals surface area contributed by atoms with E-state index in [9.17, 15) is 14.7 Å². The van der Waals surface area contributed by atoms with Crippen molar-refractivity contribution < 1.29 is 24.3 Å². The first-order valence-electron chi connectivity index (χ1n) is 7.18. The maximum atomic E-state index is 11.2. The van der Waals surface area contributed by atoms with Gasteiger partial charge >= 0.3 is 5.97 Å². The minimum Gasteiger partial charge on any atom is -0.481 e. The minimum atomic E-state index is -1.06. The number of carbonyl (C=O) groups excluding carboxylic acids is 1. The van der Waals surface area contributed by atoms with Crippen molar-refractivity contribution in [3.05, 3.63) is 48.1 Å². The predicted molar refractivity (Wildman–Crippen MR) is 83.4 cm³/mol. The van der Waals surface area contributed by atoms with Crippen LogP contribution in [0.1, 0.15) is 24.0 Å². The number of benzene rings is 1. The molecule has 0 saturated carbocycles. The van der Waals surface area contributed by atoms with E-state index >= 15 is 0 Å². The van der Waals surface area contributed by atoms with Gasteiger partial charge in [-0.25, -0.2) is 15.1 Å². The molecule has 3 N–H and O–H groups in total. The number of aliphatic carboxylic acids is 1. The van der Waals surface area contributed by atoms with Crippen molar-refractivity contribution in [3.8, 4) is 0 Å². The third-order valence-corrected chi connectivity index (χ3v) is 3.33. The van der Waals surface area contributed by atoms with Gasteiger partial charge in [-0.3, -0.25) is 14.8 Å². The molecule has 0 fully saturated rings. The zero-order valence-electron chi connectivity index (χ0n) is 12.7. The summed E-state index contributed by atoms with van der Waals surface area (Å²) in [7, 11) is 0. The molecule has 25 heavy (non-hydrogen) atoms. The number of carbonyl (C=O) groups is 2. The number of rotatable bonds is 6. The van der Waals surface area contributed by atoms with E-state index in [2.05, 4.69) is 15.3 Å². The fourth-order valence-corrected chi connectivity index (χ4v) is 2.21. The highest BCUT2D eigenvalue weighted by Crippen LogP contribution is 2.25. The topological polar surface area (TPSA) is 143 Å². The van der Waals surface area contributed by atoms with Crippen molar-refractivity contribution in [1.29, 1.82) is 0 Å². The second-order valence-electron chi connectivity index (χ2n) is 5.07. The largest absolute Gasteiger partial charge is 0.481 e. The second-order valence-corrected chi connectivity index (χ2v) is 5.07. The van der Waals surface area contributed by atoms with Crippen molar-refractivity contribution in [1.82, 2.24) is 25.5 Å². The van der Waals surface area contributed by atoms with E-state index in [-0.39, 0.29) is 12.3 Å². The lowest BCUT2D eigenvalue weighted by Crippen LogP contribution is -2.16. The number of aromatic nitrogens is 4. The molecular weight excluding hydrogens is 330 g/mol. The Bertz CT molecular complexity index is 912. The second kappa shape index (κ2) is 6.93. The number of para-hydroxylation sites is 2. The average Bonchev–Trinajstić information content (AvgIpc) is 3.23. The lowest BCUT2D eigenvalue weighted by atomic mass is 10.2. The van der Waals surface area contributed by atoms with Crippen LogP contribution in [0.2, 0.25) is 0 Å². The van der Waals surface area contributed by atoms with Crippen LogP contribution in [0.3, 0.4) is 0 Å². The van der Waals surface area contributed by atoms with Gasteiger partial charge < -0.3 is 9.52 Å². The normalized spacial score (nSPS) is 12.5. The lowest BCUT2D eigenvalue weighted by molar-refractivity contribution is -0.137. The molecule has 2 aromatic heterocycles. The Balaban J connectivity index is 1.93. The number of fused-ring (bicyclic) bond motifs is 1. The fraction of sp³-hybridized carbons (Fsp3) is 0.133. The summed E-state index contributed by atoms with van der Waals surface area (Å²) in [6, 6.07) is 6.26. The molecule has 10 nitrogen and oxygen atoms in total. The molecule has 1 amide bonds. The molecule has 1 unspecified atom stereocenters. The van der Waals surface area contributed by atoms with E-state index in [0.29, 0.717) is 16.8 Å². The average molecular weight is 343 g/mol. The molecule has 0 aliphatic carbocycles. The van der Waals surface area contributed by atoms with Crippen molar-refractivity contribution in [2.75, 3.05) is 0 Å². The summed E-state index contributed by atoms with van der Waals surface area (Å²) >= 11 is 0. The summed E-state index contributed by atoms with van der Waals surface area (Å²) in [5.74, 6) is -1.59. The van der Waals surface area contributed by atoms with Crippen molar-refractivity contribution >= 4 is 29.1 Å². The number of carboxylic acids is 1. The number of carboxylic acid groups (broad SMARTS) is 1. The van der Waals surface area contributed by atoms with Gasteiger partial charge in [0, 0.05) is 6.08 Å². The molecule has 128 valence electrons. The zero-order valence-corrected chi connectivity index (χ0v) is 12.7. The Morgan fingerprint density at radius 2 is 2.16 bits per heavy atom. The molecule has 0 aliphatic rings. The summed E-state index contributed by atoms with van der Waals surface area (Å²) in [5.41, 5.74) is 2.89. The van der Waals surface area contributed by atoms with Gasteiger partial charge in [-0.15, -0.1) is 5.10 Å². The molecule has 3 aromatic rings. The van der Waals surface area contributed by atoms with Crippen molar-refractivity contribution in [2.24, 2.45) is 0 Å². The van der Waals surface area contributed by atoms with E-state index in [4.69, 9.17) is 9.62 Å². The van der Waals surface area contributed by atoms with Gasteiger partial charge in [-0.2, -0.15) is 0 Å². The Morgan fingerprint density at radius 3 is 2.88 bits per heavy atom. The van der Waals surface area contributed by atoms with E-state index in [1.165, 1.54) is 22.4 Å². The van der Waals surface area contributed by atoms with Gasteiger partial charge in [0.1, 0.15) is 17.3 Å². The van der Waals surface area contributed by atoms with Gasteiger partial charge in [0.15, 0.2) is 5.58 Å². The van der Waals surface area contributed by atoms with Crippen LogP contribution < -0.4 is 5.48 Å². The van der Waals surface area contributed by atoms with Crippen LogP contribution >= 0.6 is 0 Å². The van der Waals surface area contributed by atoms with Crippen LogP contribution in [0.5, 0.6) is 0 Å². The van der Waals surface area contributed by atoms with Crippen LogP contribution in [0.25, 0.3) is 17.2 Å². The van der Waals surface area contributed by atoms with E-state index < -0.39 is 17.9 Å². The van der Waals surface area contributed by atoms with Gasteiger partial charge in [-0.05, 0) is 18.2 Å². The van der Waals surface area contributed by atoms with Gasteiger partial charge in [0.25, 0.3) is 5.91 Å². The Kier molecular flexibility index (Phi) is 4.53. The molecule has 1 aromatic carbocycles. The van der Waals surface area contributed by atoms with Gasteiger partial charge in [0.2, 0.25) is 5.89 Å². The summed E-state index contributed by atoms with van der Waals surface area (Å²) in [4.78, 5) is 26.5. The number of oxazole rings is 1. The number of nitrogens with one attached hydrogen (secondary N) is 1. The van der Waals surface area contributed by atoms with Crippen LogP contribution in [0.15, 0.2) is 41.0 Å². The molecule has 0 radical (unpaired) electrons. The SMILES string of the molecule is O=C(O)CC(c1nc2ccccc2o1)n1cc(/C=C/C(=O)NO)nn1. The lowest BCUT2D eigenvalue weighted by Gasteiger charge is -2.10. The molecule has 0 aliphatic heterocycles. The first kappa shape index (κ1) is 16.3. The molecule has 0 bridgehead atoms. The number of amides is 1. The van der Waals surface area contributed by atoms with Crippen LogP contribution in [0.4, 0.5) is 0 Å². The summed E-state index contributed by atoms with van der Waals surface area (Å²) in [6.45, 7) is 0. The molecule has 0 spiro atoms. The number of hydrogen-bond donors (Lipinski definition) is 3. The smallest absolute Gasteiger partial charge is 0.306 e. The third kappa shape index (κ3) is 3.70. The zero-order chi connectivity index (χ0) is 17.8. The van der Waals surface area contributed by atoms with Crippen LogP contribution in [-0.4, -0.2) is 42.2 Å². The monoisotopic (exact) mass is 343 g/mol. The number of nitrogens with zero attached hydrogens (tertiary/aromatic N) is 4. The van der Waals surface area contributed by atoms with Gasteiger partial charge in [-0.1, -0.05) is 17.3 Å². The standard InChI is InChI=1S/C15H13N5O5/c21-13(18-24)6-5-9-8-20(19-17-9)11(7-14(22)23)15-16-10-3-1-2-4-12(10)25-15/h1-6,8,11,24H,7H2,(H,18,21)(H,22,23)/b6-5+. The fourth-order valence-electron chi connectivity index (χ4n) is 2.21. The first-order chi connectivity index (χ1) is 12.1. The Labute approximate surface area is 140 Å². The predicted octanol–water partition coefficient (Wildman–Crippen LogP) is 1.00. The quantitative estimate of drug-likeness (QED) is 0.342. The van der Waals surface area contributed by atoms with E-state index in [1.807, 2.05) is 0 Å². The highest BCUT2D eigenvalue weighted by atomic mass is 16.5. The molecule has 10 heteroatoms. The number of hydroxylamine groups is 1. The summed E-state index contributed by atoms with van der Waals surface area (Å²) < 4.78 is 6.93. The molecule has 0 saturated heterocycles. The maximum Gasteiger partial charge on any atom is 0.306 e. The van der Waals surface area contributed by atoms with Crippen LogP contribution in [0, 0.1) is 0 Å². The molecule has 3 rings (SSSR count). The minimum absolute atomic E-state index is 0.192. The van der Waals surface area contributed by atoms with Crippen LogP contribution in [-0.2, 0) is 9.59 Å². The third-order valence-electron chi connectivity index (χ3n) is 3.33. The van der Waals surface area contributed by atoms with Crippen molar-refractivity contribution in [3.63, 3.8) is 0 Å². The number of hydrogen-bond acceptors (Lipinski definition) is 7. The molecule has 2 heterocycles. The van der Waals surface area contributed by atoms with Crippen molar-refractivity contribution in [2.45, 2.75) is 12.5 Å². The Morgan fingerprint density at radius 1 is 1.36 bits per heavy atom.